The second kappa shape index (κ2) is 7.65. The van der Waals surface area contributed by atoms with Crippen molar-refractivity contribution in [1.29, 1.82) is 0 Å². The van der Waals surface area contributed by atoms with E-state index in [4.69, 9.17) is 0 Å². The van der Waals surface area contributed by atoms with Crippen molar-refractivity contribution in [2.45, 2.75) is 17.6 Å². The van der Waals surface area contributed by atoms with Gasteiger partial charge in [0.1, 0.15) is 0 Å². The van der Waals surface area contributed by atoms with Crippen LogP contribution in [-0.2, 0) is 14.8 Å². The van der Waals surface area contributed by atoms with Crippen LogP contribution in [0, 0.1) is 0 Å². The molecular formula is C15H18N4O3S2. The zero-order chi connectivity index (χ0) is 17.7. The standard InChI is InChI=1S/C15H18N4O3S2/c1-11-6-8-19(10-13(11)5-4-7-16-3)24(21,22)14-9-17-15(23-14)18-12(2)20/h4-5,7,9H,1,3,6,8,10H2,2H3,(H,17,18,20). The van der Waals surface area contributed by atoms with Gasteiger partial charge < -0.3 is 5.32 Å². The first-order valence-corrected chi connectivity index (χ1v) is 9.33. The largest absolute Gasteiger partial charge is 0.302 e. The van der Waals surface area contributed by atoms with Crippen LogP contribution >= 0.6 is 11.3 Å². The number of sulfonamides is 1. The van der Waals surface area contributed by atoms with Crippen molar-refractivity contribution in [1.82, 2.24) is 9.29 Å². The molecule has 1 aromatic heterocycles. The first kappa shape index (κ1) is 18.2. The molecule has 1 aromatic rings. The molecule has 0 unspecified atom stereocenters. The highest BCUT2D eigenvalue weighted by Gasteiger charge is 2.30. The molecule has 0 radical (unpaired) electrons. The maximum absolute atomic E-state index is 12.7. The van der Waals surface area contributed by atoms with Gasteiger partial charge in [-0.05, 0) is 30.4 Å². The number of aromatic nitrogens is 1. The average Bonchev–Trinajstić information content (AvgIpc) is 2.97. The third kappa shape index (κ3) is 4.25. The van der Waals surface area contributed by atoms with E-state index in [0.717, 1.165) is 22.5 Å². The number of amides is 1. The number of rotatable bonds is 5. The van der Waals surface area contributed by atoms with Gasteiger partial charge in [0.25, 0.3) is 10.0 Å². The van der Waals surface area contributed by atoms with Crippen LogP contribution in [0.3, 0.4) is 0 Å². The minimum atomic E-state index is -3.67. The normalized spacial score (nSPS) is 18.2. The van der Waals surface area contributed by atoms with Crippen molar-refractivity contribution in [3.05, 3.63) is 42.3 Å². The molecule has 2 heterocycles. The molecular weight excluding hydrogens is 348 g/mol. The smallest absolute Gasteiger partial charge is 0.254 e. The summed E-state index contributed by atoms with van der Waals surface area (Å²) < 4.78 is 27.0. The van der Waals surface area contributed by atoms with Crippen molar-refractivity contribution >= 4 is 39.1 Å². The summed E-state index contributed by atoms with van der Waals surface area (Å²) >= 11 is 0.933. The van der Waals surface area contributed by atoms with Crippen molar-refractivity contribution in [3.63, 3.8) is 0 Å². The molecule has 1 fully saturated rings. The first-order chi connectivity index (χ1) is 11.3. The Morgan fingerprint density at radius 2 is 2.29 bits per heavy atom. The molecule has 24 heavy (non-hydrogen) atoms. The number of carbonyl (C=O) groups excluding carboxylic acids is 1. The molecule has 7 nitrogen and oxygen atoms in total. The van der Waals surface area contributed by atoms with Crippen molar-refractivity contribution in [2.24, 2.45) is 4.99 Å². The molecule has 0 atom stereocenters. The van der Waals surface area contributed by atoms with E-state index >= 15 is 0 Å². The number of hydrogen-bond donors (Lipinski definition) is 1. The third-order valence-electron chi connectivity index (χ3n) is 3.31. The Labute approximate surface area is 145 Å². The monoisotopic (exact) mass is 366 g/mol. The topological polar surface area (TPSA) is 91.7 Å². The maximum atomic E-state index is 12.7. The van der Waals surface area contributed by atoms with Crippen molar-refractivity contribution in [2.75, 3.05) is 18.4 Å². The van der Waals surface area contributed by atoms with E-state index < -0.39 is 10.0 Å². The lowest BCUT2D eigenvalue weighted by atomic mass is 10.0. The number of hydrogen-bond acceptors (Lipinski definition) is 6. The lowest BCUT2D eigenvalue weighted by molar-refractivity contribution is -0.114. The Hall–Kier alpha value is -2.10. The van der Waals surface area contributed by atoms with Crippen LogP contribution in [0.4, 0.5) is 5.13 Å². The van der Waals surface area contributed by atoms with Crippen LogP contribution in [0.1, 0.15) is 13.3 Å². The Balaban J connectivity index is 2.22. The zero-order valence-electron chi connectivity index (χ0n) is 13.2. The van der Waals surface area contributed by atoms with Gasteiger partial charge in [0, 0.05) is 26.2 Å². The lowest BCUT2D eigenvalue weighted by Gasteiger charge is -2.28. The van der Waals surface area contributed by atoms with E-state index in [1.165, 1.54) is 23.6 Å². The third-order valence-corrected chi connectivity index (χ3v) is 6.51. The molecule has 1 N–H and O–H groups in total. The van der Waals surface area contributed by atoms with Gasteiger partial charge in [-0.2, -0.15) is 4.31 Å². The molecule has 0 bridgehead atoms. The summed E-state index contributed by atoms with van der Waals surface area (Å²) in [6, 6.07) is 0. The quantitative estimate of drug-likeness (QED) is 0.809. The van der Waals surface area contributed by atoms with Crippen molar-refractivity contribution < 1.29 is 13.2 Å². The highest BCUT2D eigenvalue weighted by molar-refractivity contribution is 7.91. The van der Waals surface area contributed by atoms with Gasteiger partial charge in [0.15, 0.2) is 9.34 Å². The van der Waals surface area contributed by atoms with E-state index in [-0.39, 0.29) is 21.8 Å². The van der Waals surface area contributed by atoms with Crippen LogP contribution < -0.4 is 5.32 Å². The highest BCUT2D eigenvalue weighted by atomic mass is 32.2. The van der Waals surface area contributed by atoms with E-state index in [0.29, 0.717) is 13.0 Å². The SMILES string of the molecule is C=NC=CC=C1CN(S(=O)(=O)c2cnc(NC(C)=O)s2)CCC1=C. The minimum absolute atomic E-state index is 0.0985. The molecule has 0 saturated carbocycles. The van der Waals surface area contributed by atoms with E-state index in [2.05, 4.69) is 28.6 Å². The van der Waals surface area contributed by atoms with Gasteiger partial charge in [0.2, 0.25) is 5.91 Å². The zero-order valence-corrected chi connectivity index (χ0v) is 14.9. The van der Waals surface area contributed by atoms with E-state index in [9.17, 15) is 13.2 Å². The van der Waals surface area contributed by atoms with Gasteiger partial charge in [-0.15, -0.1) is 0 Å². The van der Waals surface area contributed by atoms with Gasteiger partial charge in [0.05, 0.1) is 6.20 Å². The second-order valence-corrected chi connectivity index (χ2v) is 8.27. The molecule has 1 amide bonds. The summed E-state index contributed by atoms with van der Waals surface area (Å²) in [5.74, 6) is -0.296. The summed E-state index contributed by atoms with van der Waals surface area (Å²) in [5, 5.41) is 2.75. The Bertz CT molecular complexity index is 822. The summed E-state index contributed by atoms with van der Waals surface area (Å²) in [5.41, 5.74) is 1.73. The number of nitrogens with one attached hydrogen (secondary N) is 1. The van der Waals surface area contributed by atoms with Gasteiger partial charge in [-0.25, -0.2) is 13.4 Å². The number of aliphatic imine (C=N–C) groups is 1. The predicted molar refractivity (Wildman–Crippen MR) is 95.7 cm³/mol. The molecule has 0 spiro atoms. The molecule has 0 aromatic carbocycles. The number of carbonyl (C=O) groups is 1. The molecule has 0 aliphatic carbocycles. The molecule has 128 valence electrons. The lowest BCUT2D eigenvalue weighted by Crippen LogP contribution is -2.37. The number of nitrogens with zero attached hydrogens (tertiary/aromatic N) is 3. The van der Waals surface area contributed by atoms with Gasteiger partial charge in [-0.3, -0.25) is 9.79 Å². The van der Waals surface area contributed by atoms with Gasteiger partial charge >= 0.3 is 0 Å². The Morgan fingerprint density at radius 1 is 1.54 bits per heavy atom. The fraction of sp³-hybridized carbons (Fsp3) is 0.267. The van der Waals surface area contributed by atoms with E-state index in [1.54, 1.807) is 12.2 Å². The summed E-state index contributed by atoms with van der Waals surface area (Å²) in [6.07, 6.45) is 6.83. The maximum Gasteiger partial charge on any atom is 0.254 e. The summed E-state index contributed by atoms with van der Waals surface area (Å²) in [4.78, 5) is 18.6. The predicted octanol–water partition coefficient (Wildman–Crippen LogP) is 2.19. The Kier molecular flexibility index (Phi) is 5.81. The molecule has 9 heteroatoms. The van der Waals surface area contributed by atoms with Crippen LogP contribution in [-0.4, -0.2) is 43.4 Å². The van der Waals surface area contributed by atoms with Crippen LogP contribution in [0.2, 0.25) is 0 Å². The molecule has 2 rings (SSSR count). The van der Waals surface area contributed by atoms with Gasteiger partial charge in [-0.1, -0.05) is 24.0 Å². The number of piperidine rings is 1. The molecule has 1 saturated heterocycles. The van der Waals surface area contributed by atoms with Crippen molar-refractivity contribution in [3.8, 4) is 0 Å². The van der Waals surface area contributed by atoms with Crippen LogP contribution in [0.25, 0.3) is 0 Å². The summed E-state index contributed by atoms with van der Waals surface area (Å²) in [7, 11) is -3.67. The van der Waals surface area contributed by atoms with Crippen LogP contribution in [0.15, 0.2) is 51.5 Å². The molecule has 1 aliphatic heterocycles. The number of thiazole rings is 1. The number of allylic oxidation sites excluding steroid dienone is 2. The highest BCUT2D eigenvalue weighted by Crippen LogP contribution is 2.30. The first-order valence-electron chi connectivity index (χ1n) is 7.08. The fourth-order valence-electron chi connectivity index (χ4n) is 2.11. The second-order valence-electron chi connectivity index (χ2n) is 5.07. The number of anilines is 1. The average molecular weight is 366 g/mol. The minimum Gasteiger partial charge on any atom is -0.302 e. The van der Waals surface area contributed by atoms with Crippen LogP contribution in [0.5, 0.6) is 0 Å². The summed E-state index contributed by atoms with van der Waals surface area (Å²) in [6.45, 7) is 9.25. The molecule has 1 aliphatic rings. The fourth-order valence-corrected chi connectivity index (χ4v) is 4.76. The van der Waals surface area contributed by atoms with E-state index in [1.807, 2.05) is 0 Å². The Morgan fingerprint density at radius 3 is 2.96 bits per heavy atom.